The third kappa shape index (κ3) is 3.93. The molecular weight excluding hydrogens is 412 g/mol. The van der Waals surface area contributed by atoms with E-state index in [1.807, 2.05) is 24.4 Å². The number of piperidine rings is 1. The zero-order chi connectivity index (χ0) is 21.4. The Morgan fingerprint density at radius 1 is 1.35 bits per heavy atom. The summed E-state index contributed by atoms with van der Waals surface area (Å²) in [5.74, 6) is 0.277. The zero-order valence-electron chi connectivity index (χ0n) is 17.3. The minimum absolute atomic E-state index is 0.224. The van der Waals surface area contributed by atoms with Crippen LogP contribution in [0.1, 0.15) is 35.8 Å². The van der Waals surface area contributed by atoms with Crippen molar-refractivity contribution in [1.29, 1.82) is 0 Å². The van der Waals surface area contributed by atoms with Gasteiger partial charge in [-0.2, -0.15) is 9.50 Å². The number of aromatic amines is 1. The molecule has 2 N–H and O–H groups in total. The molecule has 0 unspecified atom stereocenters. The van der Waals surface area contributed by atoms with E-state index in [0.717, 1.165) is 41.1 Å². The number of amides is 1. The Bertz CT molecular complexity index is 1310. The van der Waals surface area contributed by atoms with Crippen LogP contribution in [0.2, 0.25) is 0 Å². The van der Waals surface area contributed by atoms with E-state index < -0.39 is 5.56 Å². The lowest BCUT2D eigenvalue weighted by Gasteiger charge is -2.30. The first-order valence-electron chi connectivity index (χ1n) is 10.6. The van der Waals surface area contributed by atoms with Crippen molar-refractivity contribution in [3.63, 3.8) is 0 Å². The van der Waals surface area contributed by atoms with Crippen molar-refractivity contribution in [3.8, 4) is 0 Å². The van der Waals surface area contributed by atoms with Gasteiger partial charge in [0.1, 0.15) is 5.69 Å². The van der Waals surface area contributed by atoms with Crippen molar-refractivity contribution < 1.29 is 4.79 Å². The number of hydrogen-bond acceptors (Lipinski definition) is 6. The summed E-state index contributed by atoms with van der Waals surface area (Å²) >= 11 is 1.36. The van der Waals surface area contributed by atoms with Gasteiger partial charge in [-0.15, -0.1) is 5.10 Å². The normalized spacial score (nSPS) is 16.8. The van der Waals surface area contributed by atoms with E-state index in [2.05, 4.69) is 38.3 Å². The summed E-state index contributed by atoms with van der Waals surface area (Å²) in [5, 5.41) is 9.51. The van der Waals surface area contributed by atoms with E-state index in [0.29, 0.717) is 23.8 Å². The molecule has 3 aromatic heterocycles. The van der Waals surface area contributed by atoms with Gasteiger partial charge in [-0.3, -0.25) is 9.59 Å². The van der Waals surface area contributed by atoms with Crippen LogP contribution in [0, 0.1) is 5.92 Å². The van der Waals surface area contributed by atoms with Gasteiger partial charge in [0, 0.05) is 42.8 Å². The second-order valence-electron chi connectivity index (χ2n) is 8.12. The first-order chi connectivity index (χ1) is 15.1. The number of rotatable bonds is 5. The molecule has 1 aromatic carbocycles. The first-order valence-corrected chi connectivity index (χ1v) is 11.4. The number of nitrogens with one attached hydrogen (secondary N) is 2. The number of fused-ring (bicyclic) bond motifs is 2. The van der Waals surface area contributed by atoms with E-state index in [1.54, 1.807) is 0 Å². The van der Waals surface area contributed by atoms with Crippen LogP contribution < -0.4 is 15.8 Å². The minimum atomic E-state index is -0.427. The van der Waals surface area contributed by atoms with E-state index in [9.17, 15) is 9.59 Å². The molecular formula is C22H24N6O2S. The highest BCUT2D eigenvalue weighted by atomic mass is 32.1. The third-order valence-electron chi connectivity index (χ3n) is 5.76. The fourth-order valence-corrected chi connectivity index (χ4v) is 5.14. The van der Waals surface area contributed by atoms with Crippen LogP contribution in [0.15, 0.2) is 41.3 Å². The molecule has 1 fully saturated rings. The summed E-state index contributed by atoms with van der Waals surface area (Å²) in [6, 6.07) is 9.34. The monoisotopic (exact) mass is 436 g/mol. The Kier molecular flexibility index (Phi) is 5.19. The average molecular weight is 437 g/mol. The van der Waals surface area contributed by atoms with Gasteiger partial charge in [0.25, 0.3) is 11.5 Å². The number of benzene rings is 1. The number of para-hydroxylation sites is 1. The molecule has 0 spiro atoms. The molecule has 0 saturated carbocycles. The van der Waals surface area contributed by atoms with Crippen molar-refractivity contribution in [2.24, 2.45) is 5.92 Å². The van der Waals surface area contributed by atoms with Crippen molar-refractivity contribution >= 4 is 38.2 Å². The summed E-state index contributed by atoms with van der Waals surface area (Å²) < 4.78 is 1.50. The van der Waals surface area contributed by atoms with E-state index in [4.69, 9.17) is 0 Å². The van der Waals surface area contributed by atoms with Crippen molar-refractivity contribution in [1.82, 2.24) is 24.9 Å². The molecule has 160 valence electrons. The maximum absolute atomic E-state index is 12.9. The Morgan fingerprint density at radius 2 is 2.23 bits per heavy atom. The number of H-pyrrole nitrogens is 1. The molecule has 4 heterocycles. The van der Waals surface area contributed by atoms with Gasteiger partial charge >= 0.3 is 0 Å². The molecule has 0 bridgehead atoms. The van der Waals surface area contributed by atoms with E-state index in [-0.39, 0.29) is 11.6 Å². The van der Waals surface area contributed by atoms with Gasteiger partial charge in [-0.05, 0) is 36.8 Å². The van der Waals surface area contributed by atoms with Gasteiger partial charge in [-0.25, -0.2) is 0 Å². The van der Waals surface area contributed by atoms with Crippen molar-refractivity contribution in [2.45, 2.75) is 26.2 Å². The van der Waals surface area contributed by atoms with Crippen molar-refractivity contribution in [2.75, 3.05) is 24.5 Å². The quantitative estimate of drug-likeness (QED) is 0.502. The van der Waals surface area contributed by atoms with Gasteiger partial charge in [0.2, 0.25) is 10.1 Å². The zero-order valence-corrected chi connectivity index (χ0v) is 18.1. The van der Waals surface area contributed by atoms with Crippen LogP contribution >= 0.6 is 11.3 Å². The number of carbonyl (C=O) groups excluding carboxylic acids is 1. The van der Waals surface area contributed by atoms with Crippen LogP contribution in [-0.4, -0.2) is 45.1 Å². The average Bonchev–Trinajstić information content (AvgIpc) is 3.37. The van der Waals surface area contributed by atoms with Gasteiger partial charge in [-0.1, -0.05) is 36.5 Å². The highest BCUT2D eigenvalue weighted by Gasteiger charge is 2.22. The van der Waals surface area contributed by atoms with Crippen molar-refractivity contribution in [3.05, 3.63) is 58.1 Å². The minimum Gasteiger partial charge on any atom is -0.361 e. The predicted octanol–water partition coefficient (Wildman–Crippen LogP) is 2.84. The van der Waals surface area contributed by atoms with Crippen LogP contribution in [0.3, 0.4) is 0 Å². The molecule has 0 aliphatic carbocycles. The lowest BCUT2D eigenvalue weighted by Crippen LogP contribution is -2.34. The van der Waals surface area contributed by atoms with Gasteiger partial charge in [0.15, 0.2) is 0 Å². The molecule has 1 amide bonds. The molecule has 8 nitrogen and oxygen atoms in total. The lowest BCUT2D eigenvalue weighted by atomic mass is 10.0. The summed E-state index contributed by atoms with van der Waals surface area (Å²) in [6.45, 7) is 4.55. The molecule has 0 radical (unpaired) electrons. The second kappa shape index (κ2) is 8.14. The Labute approximate surface area is 182 Å². The fourth-order valence-electron chi connectivity index (χ4n) is 4.20. The highest BCUT2D eigenvalue weighted by Crippen LogP contribution is 2.27. The SMILES string of the molecule is C[C@H]1CCCN(c2nn3c(C(=O)NCCc4c[nH]c5ccccc45)cc(=O)nc3s2)C1. The van der Waals surface area contributed by atoms with Crippen LogP contribution in [0.25, 0.3) is 15.9 Å². The van der Waals surface area contributed by atoms with E-state index in [1.165, 1.54) is 28.3 Å². The molecule has 1 aliphatic heterocycles. The highest BCUT2D eigenvalue weighted by molar-refractivity contribution is 7.20. The number of carbonyl (C=O) groups is 1. The number of anilines is 1. The maximum atomic E-state index is 12.9. The first kappa shape index (κ1) is 19.7. The summed E-state index contributed by atoms with van der Waals surface area (Å²) in [7, 11) is 0. The summed E-state index contributed by atoms with van der Waals surface area (Å²) in [4.78, 5) is 35.0. The lowest BCUT2D eigenvalue weighted by molar-refractivity contribution is 0.0946. The fraction of sp³-hybridized carbons (Fsp3) is 0.364. The van der Waals surface area contributed by atoms with Crippen LogP contribution in [0.5, 0.6) is 0 Å². The van der Waals surface area contributed by atoms with Gasteiger partial charge < -0.3 is 15.2 Å². The molecule has 1 aliphatic rings. The van der Waals surface area contributed by atoms with E-state index >= 15 is 0 Å². The maximum Gasteiger partial charge on any atom is 0.274 e. The molecule has 5 rings (SSSR count). The Morgan fingerprint density at radius 3 is 3.10 bits per heavy atom. The Balaban J connectivity index is 1.34. The summed E-state index contributed by atoms with van der Waals surface area (Å²) in [6.07, 6.45) is 4.98. The standard InChI is InChI=1S/C22H24N6O2S/c1-14-5-4-10-27(13-14)22-26-28-18(11-19(29)25-21(28)31-22)20(30)23-9-8-15-12-24-17-7-3-2-6-16(15)17/h2-3,6-7,11-12,14,24H,4-5,8-10,13H2,1H3,(H,23,30)/t14-/m0/s1. The molecule has 1 saturated heterocycles. The van der Waals surface area contributed by atoms with Gasteiger partial charge in [0.05, 0.1) is 0 Å². The Hall–Kier alpha value is -3.20. The number of aromatic nitrogens is 4. The van der Waals surface area contributed by atoms with Crippen LogP contribution in [-0.2, 0) is 6.42 Å². The third-order valence-corrected chi connectivity index (χ3v) is 6.73. The number of nitrogens with zero attached hydrogens (tertiary/aromatic N) is 4. The summed E-state index contributed by atoms with van der Waals surface area (Å²) in [5.41, 5.74) is 2.02. The number of hydrogen-bond donors (Lipinski definition) is 2. The van der Waals surface area contributed by atoms with Crippen LogP contribution in [0.4, 0.5) is 5.13 Å². The molecule has 4 aromatic rings. The molecule has 1 atom stereocenters. The smallest absolute Gasteiger partial charge is 0.274 e. The largest absolute Gasteiger partial charge is 0.361 e. The predicted molar refractivity (Wildman–Crippen MR) is 122 cm³/mol. The molecule has 31 heavy (non-hydrogen) atoms. The topological polar surface area (TPSA) is 95.4 Å². The second-order valence-corrected chi connectivity index (χ2v) is 9.05. The molecule has 9 heteroatoms.